The van der Waals surface area contributed by atoms with Crippen molar-refractivity contribution < 1.29 is 9.18 Å². The summed E-state index contributed by atoms with van der Waals surface area (Å²) in [5.41, 5.74) is 5.62. The Balaban J connectivity index is 0.00000225. The predicted molar refractivity (Wildman–Crippen MR) is 72.4 cm³/mol. The first kappa shape index (κ1) is 15.6. The summed E-state index contributed by atoms with van der Waals surface area (Å²) >= 11 is 1.88. The first-order valence-corrected chi connectivity index (χ1v) is 5.66. The van der Waals surface area contributed by atoms with Crippen LogP contribution in [0, 0.1) is 9.39 Å². The Labute approximate surface area is 114 Å². The topological polar surface area (TPSA) is 55.1 Å². The molecule has 0 bridgehead atoms. The molecule has 90 valence electrons. The first-order valence-electron chi connectivity index (χ1n) is 4.58. The monoisotopic (exact) mass is 358 g/mol. The van der Waals surface area contributed by atoms with E-state index >= 15 is 0 Å². The molecule has 0 spiro atoms. The van der Waals surface area contributed by atoms with Gasteiger partial charge in [-0.1, -0.05) is 0 Å². The summed E-state index contributed by atoms with van der Waals surface area (Å²) in [6.07, 6.45) is 0.721. The molecule has 1 rings (SSSR count). The van der Waals surface area contributed by atoms with E-state index < -0.39 is 0 Å². The third kappa shape index (κ3) is 4.63. The summed E-state index contributed by atoms with van der Waals surface area (Å²) in [4.78, 5) is 11.5. The number of benzene rings is 1. The van der Waals surface area contributed by atoms with E-state index in [0.717, 1.165) is 6.42 Å². The number of nitrogens with two attached hydrogens (primary N) is 1. The maximum atomic E-state index is 13.1. The molecular formula is C10H13ClFIN2O. The van der Waals surface area contributed by atoms with Crippen LogP contribution in [0.2, 0.25) is 0 Å². The zero-order valence-corrected chi connectivity index (χ0v) is 11.5. The average Bonchev–Trinajstić information content (AvgIpc) is 2.22. The fourth-order valence-electron chi connectivity index (χ4n) is 1.04. The SMILES string of the molecule is Cl.NCCCNC(=O)c1ccc(I)c(F)c1. The van der Waals surface area contributed by atoms with E-state index in [0.29, 0.717) is 22.2 Å². The van der Waals surface area contributed by atoms with Crippen molar-refractivity contribution in [1.29, 1.82) is 0 Å². The van der Waals surface area contributed by atoms with Crippen LogP contribution in [0.4, 0.5) is 4.39 Å². The fourth-order valence-corrected chi connectivity index (χ4v) is 1.38. The highest BCUT2D eigenvalue weighted by Gasteiger charge is 2.07. The lowest BCUT2D eigenvalue weighted by atomic mass is 10.2. The van der Waals surface area contributed by atoms with Crippen molar-refractivity contribution in [3.63, 3.8) is 0 Å². The molecule has 1 amide bonds. The Hall–Kier alpha value is -0.400. The summed E-state index contributed by atoms with van der Waals surface area (Å²) in [7, 11) is 0. The van der Waals surface area contributed by atoms with Crippen LogP contribution in [-0.4, -0.2) is 19.0 Å². The zero-order valence-electron chi connectivity index (χ0n) is 8.50. The van der Waals surface area contributed by atoms with E-state index in [1.165, 1.54) is 6.07 Å². The van der Waals surface area contributed by atoms with Crippen molar-refractivity contribution in [3.05, 3.63) is 33.1 Å². The van der Waals surface area contributed by atoms with Crippen LogP contribution in [0.5, 0.6) is 0 Å². The molecule has 0 aromatic heterocycles. The Kier molecular flexibility index (Phi) is 7.61. The molecule has 0 radical (unpaired) electrons. The van der Waals surface area contributed by atoms with Crippen molar-refractivity contribution in [2.24, 2.45) is 5.73 Å². The molecule has 0 saturated heterocycles. The van der Waals surface area contributed by atoms with Gasteiger partial charge >= 0.3 is 0 Å². The molecule has 0 unspecified atom stereocenters. The Morgan fingerprint density at radius 3 is 2.75 bits per heavy atom. The quantitative estimate of drug-likeness (QED) is 0.638. The Morgan fingerprint density at radius 2 is 2.19 bits per heavy atom. The molecule has 3 nitrogen and oxygen atoms in total. The van der Waals surface area contributed by atoms with Gasteiger partial charge in [0.2, 0.25) is 0 Å². The van der Waals surface area contributed by atoms with Gasteiger partial charge in [-0.3, -0.25) is 4.79 Å². The van der Waals surface area contributed by atoms with E-state index in [1.807, 2.05) is 22.6 Å². The van der Waals surface area contributed by atoms with Gasteiger partial charge in [-0.15, -0.1) is 12.4 Å². The highest BCUT2D eigenvalue weighted by molar-refractivity contribution is 14.1. The molecule has 16 heavy (non-hydrogen) atoms. The molecule has 6 heteroatoms. The van der Waals surface area contributed by atoms with E-state index in [2.05, 4.69) is 5.32 Å². The number of carbonyl (C=O) groups is 1. The Morgan fingerprint density at radius 1 is 1.50 bits per heavy atom. The second kappa shape index (κ2) is 7.81. The van der Waals surface area contributed by atoms with Crippen LogP contribution in [-0.2, 0) is 0 Å². The number of halogens is 3. The summed E-state index contributed by atoms with van der Waals surface area (Å²) in [6, 6.07) is 4.41. The van der Waals surface area contributed by atoms with E-state index in [1.54, 1.807) is 12.1 Å². The summed E-state index contributed by atoms with van der Waals surface area (Å²) in [5.74, 6) is -0.638. The maximum absolute atomic E-state index is 13.1. The second-order valence-corrected chi connectivity index (χ2v) is 4.19. The smallest absolute Gasteiger partial charge is 0.251 e. The normalized spacial score (nSPS) is 9.44. The fraction of sp³-hybridized carbons (Fsp3) is 0.300. The summed E-state index contributed by atoms with van der Waals surface area (Å²) in [5, 5.41) is 2.66. The minimum Gasteiger partial charge on any atom is -0.352 e. The van der Waals surface area contributed by atoms with Crippen molar-refractivity contribution in [2.75, 3.05) is 13.1 Å². The molecule has 1 aromatic rings. The number of carbonyl (C=O) groups excluding carboxylic acids is 1. The van der Waals surface area contributed by atoms with Gasteiger partial charge in [0.1, 0.15) is 5.82 Å². The molecule has 0 fully saturated rings. The number of hydrogen-bond donors (Lipinski definition) is 2. The molecule has 0 saturated carbocycles. The number of nitrogens with one attached hydrogen (secondary N) is 1. The minimum atomic E-state index is -0.373. The lowest BCUT2D eigenvalue weighted by Gasteiger charge is -2.04. The summed E-state index contributed by atoms with van der Waals surface area (Å²) in [6.45, 7) is 1.05. The molecule has 0 aliphatic carbocycles. The molecule has 0 heterocycles. The molecule has 0 atom stereocenters. The van der Waals surface area contributed by atoms with Gasteiger partial charge in [-0.05, 0) is 53.8 Å². The van der Waals surface area contributed by atoms with E-state index in [4.69, 9.17) is 5.73 Å². The number of amides is 1. The molecule has 0 aliphatic heterocycles. The van der Waals surface area contributed by atoms with Crippen molar-refractivity contribution >= 4 is 40.9 Å². The van der Waals surface area contributed by atoms with Gasteiger partial charge in [0.25, 0.3) is 5.91 Å². The van der Waals surface area contributed by atoms with Gasteiger partial charge in [0.15, 0.2) is 0 Å². The average molecular weight is 359 g/mol. The third-order valence-electron chi connectivity index (χ3n) is 1.85. The zero-order chi connectivity index (χ0) is 11.3. The van der Waals surface area contributed by atoms with Crippen LogP contribution >= 0.6 is 35.0 Å². The lowest BCUT2D eigenvalue weighted by Crippen LogP contribution is -2.26. The standard InChI is InChI=1S/C10H12FIN2O.ClH/c11-8-6-7(2-3-9(8)12)10(15)14-5-1-4-13;/h2-3,6H,1,4-5,13H2,(H,14,15);1H. The van der Waals surface area contributed by atoms with Crippen LogP contribution in [0.15, 0.2) is 18.2 Å². The summed E-state index contributed by atoms with van der Waals surface area (Å²) < 4.78 is 13.6. The maximum Gasteiger partial charge on any atom is 0.251 e. The van der Waals surface area contributed by atoms with Gasteiger partial charge in [0.05, 0.1) is 0 Å². The van der Waals surface area contributed by atoms with Gasteiger partial charge in [0, 0.05) is 15.7 Å². The number of rotatable bonds is 4. The third-order valence-corrected chi connectivity index (χ3v) is 2.72. The molecule has 1 aromatic carbocycles. The largest absolute Gasteiger partial charge is 0.352 e. The molecule has 3 N–H and O–H groups in total. The predicted octanol–water partition coefficient (Wildman–Crippen LogP) is 1.93. The van der Waals surface area contributed by atoms with Gasteiger partial charge in [-0.25, -0.2) is 4.39 Å². The van der Waals surface area contributed by atoms with Crippen LogP contribution in [0.1, 0.15) is 16.8 Å². The first-order chi connectivity index (χ1) is 7.15. The molecular weight excluding hydrogens is 345 g/mol. The van der Waals surface area contributed by atoms with Crippen LogP contribution in [0.3, 0.4) is 0 Å². The Bertz CT molecular complexity index is 363. The lowest BCUT2D eigenvalue weighted by molar-refractivity contribution is 0.0953. The van der Waals surface area contributed by atoms with E-state index in [9.17, 15) is 9.18 Å². The second-order valence-electron chi connectivity index (χ2n) is 3.03. The molecule has 0 aliphatic rings. The number of hydrogen-bond acceptors (Lipinski definition) is 2. The van der Waals surface area contributed by atoms with Crippen molar-refractivity contribution in [1.82, 2.24) is 5.32 Å². The van der Waals surface area contributed by atoms with Crippen molar-refractivity contribution in [2.45, 2.75) is 6.42 Å². The van der Waals surface area contributed by atoms with E-state index in [-0.39, 0.29) is 24.1 Å². The van der Waals surface area contributed by atoms with Gasteiger partial charge in [-0.2, -0.15) is 0 Å². The van der Waals surface area contributed by atoms with Gasteiger partial charge < -0.3 is 11.1 Å². The minimum absolute atomic E-state index is 0. The highest BCUT2D eigenvalue weighted by atomic mass is 127. The van der Waals surface area contributed by atoms with Crippen LogP contribution in [0.25, 0.3) is 0 Å². The van der Waals surface area contributed by atoms with Crippen molar-refractivity contribution in [3.8, 4) is 0 Å². The highest BCUT2D eigenvalue weighted by Crippen LogP contribution is 2.12. The van der Waals surface area contributed by atoms with Crippen LogP contribution < -0.4 is 11.1 Å².